The first-order chi connectivity index (χ1) is 11.1. The number of nitrogens with zero attached hydrogens (tertiary/aromatic N) is 2. The van der Waals surface area contributed by atoms with Gasteiger partial charge in [-0.1, -0.05) is 22.8 Å². The second-order valence-corrected chi connectivity index (χ2v) is 5.86. The molecular weight excluding hydrogens is 321 g/mol. The summed E-state index contributed by atoms with van der Waals surface area (Å²) >= 11 is 6.11. The third-order valence-corrected chi connectivity index (χ3v) is 4.22. The van der Waals surface area contributed by atoms with E-state index in [1.54, 1.807) is 17.9 Å². The van der Waals surface area contributed by atoms with E-state index in [2.05, 4.69) is 10.5 Å². The molecule has 0 unspecified atom stereocenters. The second kappa shape index (κ2) is 6.68. The van der Waals surface area contributed by atoms with E-state index in [0.717, 1.165) is 19.5 Å². The average Bonchev–Trinajstić information content (AvgIpc) is 2.75. The van der Waals surface area contributed by atoms with E-state index in [-0.39, 0.29) is 27.8 Å². The van der Waals surface area contributed by atoms with Crippen LogP contribution in [0.1, 0.15) is 22.5 Å². The maximum absolute atomic E-state index is 14.2. The molecule has 0 atom stereocenters. The minimum atomic E-state index is -0.530. The molecule has 1 fully saturated rings. The van der Waals surface area contributed by atoms with E-state index in [4.69, 9.17) is 16.1 Å². The van der Waals surface area contributed by atoms with Crippen LogP contribution in [0.25, 0.3) is 11.3 Å². The summed E-state index contributed by atoms with van der Waals surface area (Å²) in [6, 6.07) is 4.36. The number of amides is 1. The van der Waals surface area contributed by atoms with Gasteiger partial charge in [-0.3, -0.25) is 4.79 Å². The smallest absolute Gasteiger partial charge is 0.259 e. The van der Waals surface area contributed by atoms with Crippen molar-refractivity contribution in [2.45, 2.75) is 13.3 Å². The molecule has 122 valence electrons. The van der Waals surface area contributed by atoms with Crippen LogP contribution in [-0.4, -0.2) is 42.1 Å². The molecule has 1 aromatic heterocycles. The summed E-state index contributed by atoms with van der Waals surface area (Å²) in [4.78, 5) is 14.6. The maximum Gasteiger partial charge on any atom is 0.259 e. The zero-order valence-corrected chi connectivity index (χ0v) is 13.5. The van der Waals surface area contributed by atoms with Gasteiger partial charge < -0.3 is 14.7 Å². The lowest BCUT2D eigenvalue weighted by atomic mass is 10.0. The number of hydrogen-bond donors (Lipinski definition) is 1. The predicted octanol–water partition coefficient (Wildman–Crippen LogP) is 2.88. The van der Waals surface area contributed by atoms with E-state index in [9.17, 15) is 9.18 Å². The molecule has 2 heterocycles. The summed E-state index contributed by atoms with van der Waals surface area (Å²) < 4.78 is 19.4. The van der Waals surface area contributed by atoms with Crippen molar-refractivity contribution >= 4 is 17.5 Å². The zero-order valence-electron chi connectivity index (χ0n) is 12.7. The Kier molecular flexibility index (Phi) is 4.63. The first-order valence-corrected chi connectivity index (χ1v) is 7.88. The summed E-state index contributed by atoms with van der Waals surface area (Å²) in [5.41, 5.74) is 0.536. The Labute approximate surface area is 138 Å². The van der Waals surface area contributed by atoms with E-state index < -0.39 is 5.82 Å². The van der Waals surface area contributed by atoms with Crippen LogP contribution in [0.5, 0.6) is 0 Å². The van der Waals surface area contributed by atoms with Crippen molar-refractivity contribution < 1.29 is 13.7 Å². The van der Waals surface area contributed by atoms with E-state index in [0.29, 0.717) is 18.8 Å². The number of nitrogens with one attached hydrogen (secondary N) is 1. The summed E-state index contributed by atoms with van der Waals surface area (Å²) in [7, 11) is 0. The molecule has 1 aliphatic rings. The molecule has 0 bridgehead atoms. The van der Waals surface area contributed by atoms with Gasteiger partial charge in [0.05, 0.1) is 10.6 Å². The Hall–Kier alpha value is -1.92. The fraction of sp³-hybridized carbons (Fsp3) is 0.375. The van der Waals surface area contributed by atoms with Crippen molar-refractivity contribution in [3.63, 3.8) is 0 Å². The molecule has 3 rings (SSSR count). The van der Waals surface area contributed by atoms with Crippen LogP contribution < -0.4 is 5.32 Å². The van der Waals surface area contributed by atoms with Crippen molar-refractivity contribution in [2.24, 2.45) is 0 Å². The fourth-order valence-electron chi connectivity index (χ4n) is 2.73. The monoisotopic (exact) mass is 337 g/mol. The van der Waals surface area contributed by atoms with Gasteiger partial charge in [-0.15, -0.1) is 0 Å². The quantitative estimate of drug-likeness (QED) is 0.915. The molecule has 0 radical (unpaired) electrons. The third kappa shape index (κ3) is 3.09. The lowest BCUT2D eigenvalue weighted by Crippen LogP contribution is -2.34. The van der Waals surface area contributed by atoms with Crippen molar-refractivity contribution in [2.75, 3.05) is 26.2 Å². The van der Waals surface area contributed by atoms with Crippen LogP contribution in [0.3, 0.4) is 0 Å². The van der Waals surface area contributed by atoms with E-state index in [1.807, 2.05) is 0 Å². The van der Waals surface area contributed by atoms with Crippen molar-refractivity contribution in [3.05, 3.63) is 40.4 Å². The Balaban J connectivity index is 2.03. The summed E-state index contributed by atoms with van der Waals surface area (Å²) in [6.45, 7) is 4.48. The molecule has 0 aliphatic carbocycles. The van der Waals surface area contributed by atoms with Crippen LogP contribution in [0.4, 0.5) is 4.39 Å². The maximum atomic E-state index is 14.2. The molecule has 1 aromatic carbocycles. The molecule has 1 saturated heterocycles. The Morgan fingerprint density at radius 3 is 3.00 bits per heavy atom. The van der Waals surface area contributed by atoms with Gasteiger partial charge in [0.2, 0.25) is 0 Å². The Bertz CT molecular complexity index is 704. The number of carbonyl (C=O) groups is 1. The normalized spacial score (nSPS) is 15.5. The van der Waals surface area contributed by atoms with Crippen LogP contribution in [0.15, 0.2) is 22.7 Å². The molecule has 1 aliphatic heterocycles. The minimum Gasteiger partial charge on any atom is -0.360 e. The number of halogens is 2. The van der Waals surface area contributed by atoms with E-state index >= 15 is 0 Å². The average molecular weight is 338 g/mol. The second-order valence-electron chi connectivity index (χ2n) is 5.45. The van der Waals surface area contributed by atoms with Gasteiger partial charge in [0.15, 0.2) is 0 Å². The highest BCUT2D eigenvalue weighted by Gasteiger charge is 2.28. The van der Waals surface area contributed by atoms with Crippen LogP contribution in [-0.2, 0) is 0 Å². The number of aromatic nitrogens is 1. The van der Waals surface area contributed by atoms with Crippen molar-refractivity contribution in [3.8, 4) is 11.3 Å². The van der Waals surface area contributed by atoms with Crippen LogP contribution in [0.2, 0.25) is 5.02 Å². The highest BCUT2D eigenvalue weighted by Crippen LogP contribution is 2.34. The predicted molar refractivity (Wildman–Crippen MR) is 85.0 cm³/mol. The van der Waals surface area contributed by atoms with Gasteiger partial charge in [-0.05, 0) is 32.0 Å². The molecule has 7 heteroatoms. The van der Waals surface area contributed by atoms with Crippen molar-refractivity contribution in [1.82, 2.24) is 15.4 Å². The summed E-state index contributed by atoms with van der Waals surface area (Å²) in [5, 5.41) is 7.33. The first kappa shape index (κ1) is 16.0. The largest absolute Gasteiger partial charge is 0.360 e. The number of hydrogen-bond acceptors (Lipinski definition) is 4. The van der Waals surface area contributed by atoms with Crippen LogP contribution in [0, 0.1) is 12.7 Å². The molecule has 0 spiro atoms. The molecule has 23 heavy (non-hydrogen) atoms. The number of aryl methyl sites for hydroxylation is 1. The minimum absolute atomic E-state index is 0.0994. The SMILES string of the molecule is Cc1onc(-c2c(F)cccc2Cl)c1C(=O)N1CCCNCC1. The lowest BCUT2D eigenvalue weighted by Gasteiger charge is -2.20. The highest BCUT2D eigenvalue weighted by atomic mass is 35.5. The molecule has 5 nitrogen and oxygen atoms in total. The topological polar surface area (TPSA) is 58.4 Å². The van der Waals surface area contributed by atoms with Crippen LogP contribution >= 0.6 is 11.6 Å². The molecular formula is C16H17ClFN3O2. The number of carbonyl (C=O) groups excluding carboxylic acids is 1. The Morgan fingerprint density at radius 1 is 1.39 bits per heavy atom. The van der Waals surface area contributed by atoms with E-state index in [1.165, 1.54) is 12.1 Å². The molecule has 0 saturated carbocycles. The molecule has 1 N–H and O–H groups in total. The van der Waals surface area contributed by atoms with Gasteiger partial charge >= 0.3 is 0 Å². The fourth-order valence-corrected chi connectivity index (χ4v) is 2.98. The lowest BCUT2D eigenvalue weighted by molar-refractivity contribution is 0.0765. The van der Waals surface area contributed by atoms with Gasteiger partial charge in [0, 0.05) is 19.6 Å². The number of rotatable bonds is 2. The molecule has 1 amide bonds. The highest BCUT2D eigenvalue weighted by molar-refractivity contribution is 6.33. The number of benzene rings is 1. The zero-order chi connectivity index (χ0) is 16.4. The van der Waals surface area contributed by atoms with Crippen molar-refractivity contribution in [1.29, 1.82) is 0 Å². The summed E-state index contributed by atoms with van der Waals surface area (Å²) in [5.74, 6) is -0.374. The van der Waals surface area contributed by atoms with Gasteiger partial charge in [-0.25, -0.2) is 4.39 Å². The molecule has 2 aromatic rings. The third-order valence-electron chi connectivity index (χ3n) is 3.90. The Morgan fingerprint density at radius 2 is 2.22 bits per heavy atom. The standard InChI is InChI=1S/C16H17ClFN3O2/c1-10-13(16(22)21-8-3-6-19-7-9-21)15(20-23-10)14-11(17)4-2-5-12(14)18/h2,4-5,19H,3,6-9H2,1H3. The van der Waals surface area contributed by atoms with Gasteiger partial charge in [0.1, 0.15) is 22.8 Å². The summed E-state index contributed by atoms with van der Waals surface area (Å²) in [6.07, 6.45) is 0.867. The first-order valence-electron chi connectivity index (χ1n) is 7.50. The van der Waals surface area contributed by atoms with Gasteiger partial charge in [-0.2, -0.15) is 0 Å². The van der Waals surface area contributed by atoms with Gasteiger partial charge in [0.25, 0.3) is 5.91 Å².